The summed E-state index contributed by atoms with van der Waals surface area (Å²) < 4.78 is 7.23. The SMILES string of the molecule is CO[C@H]1Cc2cc(C(=O)N3CCc4ccccc43)nn2C1. The van der Waals surface area contributed by atoms with Crippen molar-refractivity contribution in [3.05, 3.63) is 47.3 Å². The summed E-state index contributed by atoms with van der Waals surface area (Å²) in [5.41, 5.74) is 3.87. The molecule has 2 aliphatic heterocycles. The van der Waals surface area contributed by atoms with Crippen molar-refractivity contribution in [3.63, 3.8) is 0 Å². The van der Waals surface area contributed by atoms with Crippen molar-refractivity contribution in [1.29, 1.82) is 0 Å². The molecule has 0 unspecified atom stereocenters. The summed E-state index contributed by atoms with van der Waals surface area (Å²) in [4.78, 5) is 14.5. The van der Waals surface area contributed by atoms with E-state index in [-0.39, 0.29) is 12.0 Å². The highest BCUT2D eigenvalue weighted by Crippen LogP contribution is 2.29. The summed E-state index contributed by atoms with van der Waals surface area (Å²) in [6.45, 7) is 1.47. The third kappa shape index (κ3) is 1.96. The zero-order valence-electron chi connectivity index (χ0n) is 12.0. The van der Waals surface area contributed by atoms with Crippen LogP contribution in [0.4, 0.5) is 5.69 Å². The lowest BCUT2D eigenvalue weighted by Crippen LogP contribution is -2.29. The molecule has 1 aromatic heterocycles. The maximum absolute atomic E-state index is 12.7. The molecule has 1 atom stereocenters. The van der Waals surface area contributed by atoms with Gasteiger partial charge in [-0.3, -0.25) is 9.48 Å². The van der Waals surface area contributed by atoms with Crippen molar-refractivity contribution in [1.82, 2.24) is 9.78 Å². The van der Waals surface area contributed by atoms with Gasteiger partial charge in [-0.1, -0.05) is 18.2 Å². The number of rotatable bonds is 2. The Balaban J connectivity index is 1.60. The number of anilines is 1. The number of methoxy groups -OCH3 is 1. The Morgan fingerprint density at radius 2 is 2.24 bits per heavy atom. The van der Waals surface area contributed by atoms with Gasteiger partial charge < -0.3 is 9.64 Å². The fraction of sp³-hybridized carbons (Fsp3) is 0.375. The third-order valence-electron chi connectivity index (χ3n) is 4.36. The Morgan fingerprint density at radius 1 is 1.38 bits per heavy atom. The van der Waals surface area contributed by atoms with Crippen molar-refractivity contribution in [2.75, 3.05) is 18.6 Å². The molecule has 0 saturated heterocycles. The average Bonchev–Trinajstić information content (AvgIpc) is 3.18. The van der Waals surface area contributed by atoms with Gasteiger partial charge in [-0.05, 0) is 24.1 Å². The number of carbonyl (C=O) groups excluding carboxylic acids is 1. The molecule has 0 saturated carbocycles. The molecule has 108 valence electrons. The average molecular weight is 283 g/mol. The molecular weight excluding hydrogens is 266 g/mol. The number of ether oxygens (including phenoxy) is 1. The maximum Gasteiger partial charge on any atom is 0.278 e. The van der Waals surface area contributed by atoms with E-state index < -0.39 is 0 Å². The number of carbonyl (C=O) groups is 1. The number of nitrogens with zero attached hydrogens (tertiary/aromatic N) is 3. The van der Waals surface area contributed by atoms with Gasteiger partial charge >= 0.3 is 0 Å². The molecule has 5 heteroatoms. The topological polar surface area (TPSA) is 47.4 Å². The fourth-order valence-corrected chi connectivity index (χ4v) is 3.22. The summed E-state index contributed by atoms with van der Waals surface area (Å²) in [6, 6.07) is 9.98. The lowest BCUT2D eigenvalue weighted by Gasteiger charge is -2.15. The van der Waals surface area contributed by atoms with Gasteiger partial charge in [0, 0.05) is 31.5 Å². The quantitative estimate of drug-likeness (QED) is 0.842. The summed E-state index contributed by atoms with van der Waals surface area (Å²) in [7, 11) is 1.71. The summed E-state index contributed by atoms with van der Waals surface area (Å²) in [5.74, 6) is -0.00387. The second kappa shape index (κ2) is 4.70. The highest BCUT2D eigenvalue weighted by atomic mass is 16.5. The van der Waals surface area contributed by atoms with Crippen LogP contribution in [0.5, 0.6) is 0 Å². The molecule has 3 heterocycles. The van der Waals surface area contributed by atoms with E-state index in [4.69, 9.17) is 4.74 Å². The van der Waals surface area contributed by atoms with Crippen LogP contribution in [0.3, 0.4) is 0 Å². The Labute approximate surface area is 123 Å². The molecule has 1 amide bonds. The zero-order valence-corrected chi connectivity index (χ0v) is 12.0. The van der Waals surface area contributed by atoms with E-state index in [0.29, 0.717) is 5.69 Å². The van der Waals surface area contributed by atoms with Crippen molar-refractivity contribution in [2.45, 2.75) is 25.5 Å². The molecule has 2 aromatic rings. The van der Waals surface area contributed by atoms with Gasteiger partial charge in [0.05, 0.1) is 12.6 Å². The van der Waals surface area contributed by atoms with E-state index in [1.807, 2.05) is 33.8 Å². The molecule has 0 aliphatic carbocycles. The van der Waals surface area contributed by atoms with Crippen LogP contribution >= 0.6 is 0 Å². The van der Waals surface area contributed by atoms with E-state index in [1.54, 1.807) is 7.11 Å². The van der Waals surface area contributed by atoms with Crippen LogP contribution in [0.2, 0.25) is 0 Å². The standard InChI is InChI=1S/C16H17N3O2/c1-21-13-8-12-9-14(17-19(12)10-13)16(20)18-7-6-11-4-2-3-5-15(11)18/h2-5,9,13H,6-8,10H2,1H3/t13-/m0/s1. The van der Waals surface area contributed by atoms with Gasteiger partial charge in [-0.25, -0.2) is 0 Å². The van der Waals surface area contributed by atoms with Crippen molar-refractivity contribution in [3.8, 4) is 0 Å². The Hall–Kier alpha value is -2.14. The van der Waals surface area contributed by atoms with E-state index in [0.717, 1.165) is 37.3 Å². The molecular formula is C16H17N3O2. The Morgan fingerprint density at radius 3 is 3.05 bits per heavy atom. The van der Waals surface area contributed by atoms with Gasteiger partial charge in [0.25, 0.3) is 5.91 Å². The Kier molecular flexibility index (Phi) is 2.82. The highest BCUT2D eigenvalue weighted by Gasteiger charge is 2.30. The van der Waals surface area contributed by atoms with E-state index in [9.17, 15) is 4.79 Å². The first kappa shape index (κ1) is 12.6. The lowest BCUT2D eigenvalue weighted by atomic mass is 10.2. The maximum atomic E-state index is 12.7. The molecule has 4 rings (SSSR count). The third-order valence-corrected chi connectivity index (χ3v) is 4.36. The lowest BCUT2D eigenvalue weighted by molar-refractivity contribution is 0.0966. The smallest absolute Gasteiger partial charge is 0.278 e. The monoisotopic (exact) mass is 283 g/mol. The van der Waals surface area contributed by atoms with E-state index in [2.05, 4.69) is 11.2 Å². The van der Waals surface area contributed by atoms with Crippen molar-refractivity contribution >= 4 is 11.6 Å². The zero-order chi connectivity index (χ0) is 14.4. The van der Waals surface area contributed by atoms with Crippen LogP contribution in [0.1, 0.15) is 21.7 Å². The van der Waals surface area contributed by atoms with E-state index in [1.165, 1.54) is 5.56 Å². The number of hydrogen-bond acceptors (Lipinski definition) is 3. The predicted octanol–water partition coefficient (Wildman–Crippen LogP) is 1.66. The number of para-hydroxylation sites is 1. The van der Waals surface area contributed by atoms with Gasteiger partial charge in [0.15, 0.2) is 5.69 Å². The minimum atomic E-state index is -0.00387. The normalized spacial score (nSPS) is 19.7. The molecule has 0 fully saturated rings. The van der Waals surface area contributed by atoms with Crippen LogP contribution in [-0.4, -0.2) is 35.4 Å². The number of fused-ring (bicyclic) bond motifs is 2. The van der Waals surface area contributed by atoms with Gasteiger partial charge in [0.2, 0.25) is 0 Å². The van der Waals surface area contributed by atoms with Crippen LogP contribution in [0.15, 0.2) is 30.3 Å². The largest absolute Gasteiger partial charge is 0.379 e. The molecule has 21 heavy (non-hydrogen) atoms. The van der Waals surface area contributed by atoms with E-state index >= 15 is 0 Å². The second-order valence-corrected chi connectivity index (χ2v) is 5.60. The predicted molar refractivity (Wildman–Crippen MR) is 78.6 cm³/mol. The molecule has 0 radical (unpaired) electrons. The highest BCUT2D eigenvalue weighted by molar-refractivity contribution is 6.06. The first-order chi connectivity index (χ1) is 10.3. The fourth-order valence-electron chi connectivity index (χ4n) is 3.22. The summed E-state index contributed by atoms with van der Waals surface area (Å²) in [5, 5.41) is 4.45. The summed E-state index contributed by atoms with van der Waals surface area (Å²) in [6.07, 6.45) is 1.93. The minimum Gasteiger partial charge on any atom is -0.379 e. The molecule has 1 aromatic carbocycles. The summed E-state index contributed by atoms with van der Waals surface area (Å²) >= 11 is 0. The van der Waals surface area contributed by atoms with Crippen LogP contribution in [-0.2, 0) is 24.1 Å². The second-order valence-electron chi connectivity index (χ2n) is 5.60. The van der Waals surface area contributed by atoms with Crippen LogP contribution in [0.25, 0.3) is 0 Å². The molecule has 0 spiro atoms. The molecule has 0 N–H and O–H groups in total. The van der Waals surface area contributed by atoms with Crippen LogP contribution in [0, 0.1) is 0 Å². The first-order valence-corrected chi connectivity index (χ1v) is 7.25. The number of hydrogen-bond donors (Lipinski definition) is 0. The number of benzene rings is 1. The van der Waals surface area contributed by atoms with Gasteiger partial charge in [-0.2, -0.15) is 5.10 Å². The number of aromatic nitrogens is 2. The minimum absolute atomic E-state index is 0.00387. The van der Waals surface area contributed by atoms with Crippen molar-refractivity contribution in [2.24, 2.45) is 0 Å². The molecule has 0 bridgehead atoms. The Bertz CT molecular complexity index is 684. The molecule has 2 aliphatic rings. The van der Waals surface area contributed by atoms with Crippen molar-refractivity contribution < 1.29 is 9.53 Å². The number of amides is 1. The molecule has 5 nitrogen and oxygen atoms in total. The first-order valence-electron chi connectivity index (χ1n) is 7.25. The van der Waals surface area contributed by atoms with Gasteiger partial charge in [0.1, 0.15) is 0 Å². The van der Waals surface area contributed by atoms with Crippen LogP contribution < -0.4 is 4.90 Å². The van der Waals surface area contributed by atoms with Gasteiger partial charge in [-0.15, -0.1) is 0 Å².